The fraction of sp³-hybridized carbons (Fsp3) is 0.625. The molecule has 0 bridgehead atoms. The Labute approximate surface area is 121 Å². The lowest BCUT2D eigenvalue weighted by molar-refractivity contribution is 0.394. The van der Waals surface area contributed by atoms with Crippen LogP contribution in [0, 0.1) is 5.92 Å². The standard InChI is InChI=1S/C16H24N2O2/c1-19-15-7-14(8-16(9-15)20-2)18-6-5-12(11-18)10-17-13-3-4-13/h7-9,12-13,17H,3-6,10-11H2,1-2H3. The van der Waals surface area contributed by atoms with Crippen molar-refractivity contribution in [3.8, 4) is 11.5 Å². The van der Waals surface area contributed by atoms with Gasteiger partial charge in [-0.15, -0.1) is 0 Å². The van der Waals surface area contributed by atoms with Gasteiger partial charge in [0, 0.05) is 43.0 Å². The van der Waals surface area contributed by atoms with E-state index in [1.165, 1.54) is 24.9 Å². The Bertz CT molecular complexity index is 438. The van der Waals surface area contributed by atoms with Crippen molar-refractivity contribution < 1.29 is 9.47 Å². The van der Waals surface area contributed by atoms with E-state index in [9.17, 15) is 0 Å². The highest BCUT2D eigenvalue weighted by atomic mass is 16.5. The van der Waals surface area contributed by atoms with Crippen LogP contribution in [0.15, 0.2) is 18.2 Å². The maximum absolute atomic E-state index is 5.35. The molecule has 1 aliphatic heterocycles. The Kier molecular flexibility index (Phi) is 4.01. The minimum absolute atomic E-state index is 0.757. The van der Waals surface area contributed by atoms with Gasteiger partial charge in [0.05, 0.1) is 14.2 Å². The van der Waals surface area contributed by atoms with Crippen LogP contribution in [0.4, 0.5) is 5.69 Å². The largest absolute Gasteiger partial charge is 0.497 e. The normalized spacial score (nSPS) is 22.1. The van der Waals surface area contributed by atoms with E-state index in [0.717, 1.165) is 43.1 Å². The Morgan fingerprint density at radius 2 is 1.80 bits per heavy atom. The van der Waals surface area contributed by atoms with Crippen molar-refractivity contribution in [2.75, 3.05) is 38.8 Å². The van der Waals surface area contributed by atoms with Crippen LogP contribution < -0.4 is 19.7 Å². The summed E-state index contributed by atoms with van der Waals surface area (Å²) in [5.41, 5.74) is 1.20. The van der Waals surface area contributed by atoms with Crippen molar-refractivity contribution in [2.24, 2.45) is 5.92 Å². The van der Waals surface area contributed by atoms with Gasteiger partial charge < -0.3 is 19.7 Å². The summed E-state index contributed by atoms with van der Waals surface area (Å²) < 4.78 is 10.7. The van der Waals surface area contributed by atoms with Gasteiger partial charge >= 0.3 is 0 Å². The molecular formula is C16H24N2O2. The second kappa shape index (κ2) is 5.92. The summed E-state index contributed by atoms with van der Waals surface area (Å²) in [6, 6.07) is 6.92. The summed E-state index contributed by atoms with van der Waals surface area (Å²) in [5, 5.41) is 3.64. The topological polar surface area (TPSA) is 33.7 Å². The predicted octanol–water partition coefficient (Wildman–Crippen LogP) is 2.28. The lowest BCUT2D eigenvalue weighted by Crippen LogP contribution is -2.27. The van der Waals surface area contributed by atoms with Crippen molar-refractivity contribution in [3.05, 3.63) is 18.2 Å². The van der Waals surface area contributed by atoms with Gasteiger partial charge in [0.1, 0.15) is 11.5 Å². The molecule has 0 spiro atoms. The van der Waals surface area contributed by atoms with Gasteiger partial charge in [-0.05, 0) is 31.7 Å². The Morgan fingerprint density at radius 1 is 1.10 bits per heavy atom. The number of hydrogen-bond acceptors (Lipinski definition) is 4. The molecule has 1 N–H and O–H groups in total. The quantitative estimate of drug-likeness (QED) is 0.864. The molecular weight excluding hydrogens is 252 g/mol. The average molecular weight is 276 g/mol. The third kappa shape index (κ3) is 3.18. The van der Waals surface area contributed by atoms with Crippen LogP contribution >= 0.6 is 0 Å². The zero-order valence-electron chi connectivity index (χ0n) is 12.4. The molecule has 1 saturated heterocycles. The summed E-state index contributed by atoms with van der Waals surface area (Å²) in [6.45, 7) is 3.39. The fourth-order valence-electron chi connectivity index (χ4n) is 2.83. The van der Waals surface area contributed by atoms with Crippen LogP contribution in [0.1, 0.15) is 19.3 Å². The van der Waals surface area contributed by atoms with E-state index in [1.54, 1.807) is 14.2 Å². The monoisotopic (exact) mass is 276 g/mol. The third-order valence-corrected chi connectivity index (χ3v) is 4.26. The van der Waals surface area contributed by atoms with E-state index in [0.29, 0.717) is 0 Å². The maximum atomic E-state index is 5.35. The van der Waals surface area contributed by atoms with Crippen molar-refractivity contribution in [1.82, 2.24) is 5.32 Å². The Morgan fingerprint density at radius 3 is 2.40 bits per heavy atom. The first-order valence-corrected chi connectivity index (χ1v) is 7.50. The molecule has 1 heterocycles. The van der Waals surface area contributed by atoms with E-state index < -0.39 is 0 Å². The van der Waals surface area contributed by atoms with Gasteiger partial charge in [-0.25, -0.2) is 0 Å². The summed E-state index contributed by atoms with van der Waals surface area (Å²) in [5.74, 6) is 2.48. The molecule has 4 heteroatoms. The predicted molar refractivity (Wildman–Crippen MR) is 80.9 cm³/mol. The number of rotatable bonds is 6. The molecule has 2 aliphatic rings. The van der Waals surface area contributed by atoms with Gasteiger partial charge in [0.25, 0.3) is 0 Å². The molecule has 1 aliphatic carbocycles. The molecule has 0 radical (unpaired) electrons. The van der Waals surface area contributed by atoms with E-state index in [1.807, 2.05) is 6.07 Å². The van der Waals surface area contributed by atoms with Gasteiger partial charge in [-0.1, -0.05) is 0 Å². The SMILES string of the molecule is COc1cc(OC)cc(N2CCC(CNC3CC3)C2)c1. The zero-order chi connectivity index (χ0) is 13.9. The number of nitrogens with zero attached hydrogens (tertiary/aromatic N) is 1. The van der Waals surface area contributed by atoms with E-state index in [2.05, 4.69) is 22.3 Å². The zero-order valence-corrected chi connectivity index (χ0v) is 12.4. The second-order valence-electron chi connectivity index (χ2n) is 5.85. The number of ether oxygens (including phenoxy) is 2. The number of nitrogens with one attached hydrogen (secondary N) is 1. The molecule has 1 unspecified atom stereocenters. The van der Waals surface area contributed by atoms with E-state index in [4.69, 9.17) is 9.47 Å². The molecule has 1 aromatic carbocycles. The lowest BCUT2D eigenvalue weighted by Gasteiger charge is -2.20. The average Bonchev–Trinajstić information content (AvgIpc) is 3.20. The van der Waals surface area contributed by atoms with Crippen LogP contribution in [0.2, 0.25) is 0 Å². The number of benzene rings is 1. The molecule has 110 valence electrons. The summed E-state index contributed by atoms with van der Waals surface area (Å²) in [6.07, 6.45) is 3.99. The first-order chi connectivity index (χ1) is 9.78. The number of hydrogen-bond donors (Lipinski definition) is 1. The number of anilines is 1. The highest BCUT2D eigenvalue weighted by Crippen LogP contribution is 2.31. The summed E-state index contributed by atoms with van der Waals surface area (Å²) >= 11 is 0. The van der Waals surface area contributed by atoms with Crippen molar-refractivity contribution in [1.29, 1.82) is 0 Å². The van der Waals surface area contributed by atoms with Crippen LogP contribution in [-0.2, 0) is 0 Å². The Hall–Kier alpha value is -1.42. The summed E-state index contributed by atoms with van der Waals surface area (Å²) in [7, 11) is 3.40. The van der Waals surface area contributed by atoms with Gasteiger partial charge in [0.15, 0.2) is 0 Å². The molecule has 1 saturated carbocycles. The summed E-state index contributed by atoms with van der Waals surface area (Å²) in [4.78, 5) is 2.43. The van der Waals surface area contributed by atoms with Crippen molar-refractivity contribution in [3.63, 3.8) is 0 Å². The molecule has 0 amide bonds. The molecule has 1 atom stereocenters. The third-order valence-electron chi connectivity index (χ3n) is 4.26. The maximum Gasteiger partial charge on any atom is 0.124 e. The molecule has 0 aromatic heterocycles. The van der Waals surface area contributed by atoms with Crippen LogP contribution in [0.25, 0.3) is 0 Å². The molecule has 3 rings (SSSR count). The fourth-order valence-corrected chi connectivity index (χ4v) is 2.83. The minimum atomic E-state index is 0.757. The van der Waals surface area contributed by atoms with Crippen molar-refractivity contribution >= 4 is 5.69 Å². The molecule has 4 nitrogen and oxygen atoms in total. The second-order valence-corrected chi connectivity index (χ2v) is 5.85. The molecule has 1 aromatic rings. The lowest BCUT2D eigenvalue weighted by atomic mass is 10.1. The first kappa shape index (κ1) is 13.6. The molecule has 20 heavy (non-hydrogen) atoms. The highest BCUT2D eigenvalue weighted by molar-refractivity contribution is 5.56. The van der Waals surface area contributed by atoms with Crippen molar-refractivity contribution in [2.45, 2.75) is 25.3 Å². The highest BCUT2D eigenvalue weighted by Gasteiger charge is 2.26. The van der Waals surface area contributed by atoms with Gasteiger partial charge in [-0.2, -0.15) is 0 Å². The Balaban J connectivity index is 1.63. The van der Waals surface area contributed by atoms with Gasteiger partial charge in [0.2, 0.25) is 0 Å². The van der Waals surface area contributed by atoms with Gasteiger partial charge in [-0.3, -0.25) is 0 Å². The van der Waals surface area contributed by atoms with E-state index >= 15 is 0 Å². The number of methoxy groups -OCH3 is 2. The van der Waals surface area contributed by atoms with Crippen LogP contribution in [0.3, 0.4) is 0 Å². The smallest absolute Gasteiger partial charge is 0.124 e. The first-order valence-electron chi connectivity index (χ1n) is 7.50. The van der Waals surface area contributed by atoms with Crippen LogP contribution in [0.5, 0.6) is 11.5 Å². The molecule has 2 fully saturated rings. The van der Waals surface area contributed by atoms with E-state index in [-0.39, 0.29) is 0 Å². The van der Waals surface area contributed by atoms with Crippen LogP contribution in [-0.4, -0.2) is 39.9 Å². The minimum Gasteiger partial charge on any atom is -0.497 e.